The fourth-order valence-electron chi connectivity index (χ4n) is 2.88. The molecule has 1 amide bonds. The number of piperidine rings is 1. The van der Waals surface area contributed by atoms with Gasteiger partial charge in [0.25, 0.3) is 5.91 Å². The fourth-order valence-corrected chi connectivity index (χ4v) is 3.62. The number of aromatic nitrogens is 1. The number of nitrogens with zero attached hydrogens (tertiary/aromatic N) is 2. The summed E-state index contributed by atoms with van der Waals surface area (Å²) in [5.74, 6) is 1.41. The molecule has 0 N–H and O–H groups in total. The molecule has 1 saturated heterocycles. The van der Waals surface area contributed by atoms with Crippen molar-refractivity contribution in [2.45, 2.75) is 32.4 Å². The number of amides is 1. The van der Waals surface area contributed by atoms with Gasteiger partial charge < -0.3 is 14.1 Å². The van der Waals surface area contributed by atoms with E-state index in [1.165, 1.54) is 11.3 Å². The van der Waals surface area contributed by atoms with E-state index in [1.54, 1.807) is 13.4 Å². The molecule has 0 spiro atoms. The van der Waals surface area contributed by atoms with E-state index in [0.717, 1.165) is 30.2 Å². The minimum atomic E-state index is -0.0214. The normalized spacial score (nSPS) is 22.0. The highest BCUT2D eigenvalue weighted by Gasteiger charge is 2.34. The van der Waals surface area contributed by atoms with Gasteiger partial charge in [-0.1, -0.05) is 6.92 Å². The Bertz CT molecular complexity index is 623. The molecular formula is C16H20N2O3S. The number of thiazole rings is 1. The Balaban J connectivity index is 1.82. The molecule has 3 rings (SSSR count). The highest BCUT2D eigenvalue weighted by Crippen LogP contribution is 2.35. The van der Waals surface area contributed by atoms with Gasteiger partial charge in [0.05, 0.1) is 18.9 Å². The van der Waals surface area contributed by atoms with Gasteiger partial charge in [-0.25, -0.2) is 4.98 Å². The van der Waals surface area contributed by atoms with Crippen LogP contribution in [0.2, 0.25) is 0 Å². The van der Waals surface area contributed by atoms with Crippen LogP contribution in [0.15, 0.2) is 28.2 Å². The van der Waals surface area contributed by atoms with Gasteiger partial charge in [-0.2, -0.15) is 0 Å². The minimum absolute atomic E-state index is 0.00109. The number of methoxy groups -OCH3 is 1. The third-order valence-electron chi connectivity index (χ3n) is 4.04. The molecule has 2 aromatic heterocycles. The number of ether oxygens (including phenoxy) is 1. The zero-order chi connectivity index (χ0) is 15.5. The Morgan fingerprint density at radius 3 is 3.18 bits per heavy atom. The van der Waals surface area contributed by atoms with Gasteiger partial charge in [0.2, 0.25) is 0 Å². The maximum absolute atomic E-state index is 12.8. The van der Waals surface area contributed by atoms with Crippen LogP contribution in [0, 0.1) is 5.92 Å². The van der Waals surface area contributed by atoms with Gasteiger partial charge in [0.1, 0.15) is 16.5 Å². The lowest BCUT2D eigenvalue weighted by molar-refractivity contribution is 0.0515. The van der Waals surface area contributed by atoms with Crippen molar-refractivity contribution in [1.82, 2.24) is 9.88 Å². The van der Waals surface area contributed by atoms with Crippen molar-refractivity contribution in [3.63, 3.8) is 0 Å². The summed E-state index contributed by atoms with van der Waals surface area (Å²) in [6.07, 6.45) is 3.60. The summed E-state index contributed by atoms with van der Waals surface area (Å²) in [7, 11) is 1.63. The molecule has 1 aliphatic heterocycles. The van der Waals surface area contributed by atoms with Gasteiger partial charge in [0, 0.05) is 19.0 Å². The second kappa shape index (κ2) is 6.62. The molecule has 5 nitrogen and oxygen atoms in total. The average molecular weight is 320 g/mol. The second-order valence-electron chi connectivity index (χ2n) is 5.72. The number of carbonyl (C=O) groups excluding carboxylic acids is 1. The fraction of sp³-hybridized carbons (Fsp3) is 0.500. The zero-order valence-electron chi connectivity index (χ0n) is 12.8. The summed E-state index contributed by atoms with van der Waals surface area (Å²) in [4.78, 5) is 19.1. The molecule has 0 bridgehead atoms. The summed E-state index contributed by atoms with van der Waals surface area (Å²) >= 11 is 1.46. The number of rotatable bonds is 4. The molecule has 0 radical (unpaired) electrons. The molecule has 2 unspecified atom stereocenters. The minimum Gasteiger partial charge on any atom is -0.467 e. The van der Waals surface area contributed by atoms with Crippen LogP contribution < -0.4 is 0 Å². The molecule has 0 saturated carbocycles. The Labute approximate surface area is 133 Å². The van der Waals surface area contributed by atoms with Gasteiger partial charge in [-0.3, -0.25) is 4.79 Å². The quantitative estimate of drug-likeness (QED) is 0.865. The van der Waals surface area contributed by atoms with Crippen LogP contribution in [-0.2, 0) is 11.3 Å². The van der Waals surface area contributed by atoms with Gasteiger partial charge in [-0.05, 0) is 30.9 Å². The summed E-state index contributed by atoms with van der Waals surface area (Å²) in [6, 6.07) is 3.82. The molecule has 3 heterocycles. The van der Waals surface area contributed by atoms with Crippen LogP contribution in [0.1, 0.15) is 47.1 Å². The molecule has 1 fully saturated rings. The Hall–Kier alpha value is -1.66. The Kier molecular flexibility index (Phi) is 4.59. The number of carbonyl (C=O) groups is 1. The molecule has 22 heavy (non-hydrogen) atoms. The SMILES string of the molecule is COCc1nc(C(=O)N2CCC(C)CC2c2ccco2)cs1. The van der Waals surface area contributed by atoms with E-state index >= 15 is 0 Å². The van der Waals surface area contributed by atoms with Crippen molar-refractivity contribution in [3.8, 4) is 0 Å². The van der Waals surface area contributed by atoms with E-state index in [4.69, 9.17) is 9.15 Å². The summed E-state index contributed by atoms with van der Waals surface area (Å²) in [5, 5.41) is 2.64. The van der Waals surface area contributed by atoms with E-state index in [9.17, 15) is 4.79 Å². The van der Waals surface area contributed by atoms with Crippen molar-refractivity contribution in [2.75, 3.05) is 13.7 Å². The molecule has 2 aromatic rings. The summed E-state index contributed by atoms with van der Waals surface area (Å²) in [6.45, 7) is 3.40. The number of hydrogen-bond donors (Lipinski definition) is 0. The van der Waals surface area contributed by atoms with E-state index in [2.05, 4.69) is 11.9 Å². The number of hydrogen-bond acceptors (Lipinski definition) is 5. The first-order valence-electron chi connectivity index (χ1n) is 7.46. The molecule has 2 atom stereocenters. The van der Waals surface area contributed by atoms with Crippen LogP contribution in [0.4, 0.5) is 0 Å². The van der Waals surface area contributed by atoms with Crippen molar-refractivity contribution >= 4 is 17.2 Å². The van der Waals surface area contributed by atoms with E-state index < -0.39 is 0 Å². The van der Waals surface area contributed by atoms with Crippen molar-refractivity contribution in [1.29, 1.82) is 0 Å². The summed E-state index contributed by atoms with van der Waals surface area (Å²) in [5.41, 5.74) is 0.503. The molecule has 6 heteroatoms. The maximum atomic E-state index is 12.8. The third kappa shape index (κ3) is 3.08. The lowest BCUT2D eigenvalue weighted by atomic mass is 9.91. The van der Waals surface area contributed by atoms with Crippen LogP contribution in [0.3, 0.4) is 0 Å². The highest BCUT2D eigenvalue weighted by atomic mass is 32.1. The summed E-state index contributed by atoms with van der Waals surface area (Å²) < 4.78 is 10.6. The van der Waals surface area contributed by atoms with E-state index in [0.29, 0.717) is 18.2 Å². The van der Waals surface area contributed by atoms with Crippen molar-refractivity contribution in [2.24, 2.45) is 5.92 Å². The predicted octanol–water partition coefficient (Wildman–Crippen LogP) is 3.50. The lowest BCUT2D eigenvalue weighted by Gasteiger charge is -2.37. The molecule has 118 valence electrons. The monoisotopic (exact) mass is 320 g/mol. The second-order valence-corrected chi connectivity index (χ2v) is 6.66. The molecular weight excluding hydrogens is 300 g/mol. The molecule has 0 aromatic carbocycles. The number of likely N-dealkylation sites (tertiary alicyclic amines) is 1. The smallest absolute Gasteiger partial charge is 0.273 e. The van der Waals surface area contributed by atoms with Crippen LogP contribution in [0.5, 0.6) is 0 Å². The highest BCUT2D eigenvalue weighted by molar-refractivity contribution is 7.09. The number of furan rings is 1. The Morgan fingerprint density at radius 2 is 2.45 bits per heavy atom. The first kappa shape index (κ1) is 15.2. The molecule has 0 aliphatic carbocycles. The zero-order valence-corrected chi connectivity index (χ0v) is 13.6. The van der Waals surface area contributed by atoms with Crippen molar-refractivity contribution < 1.29 is 13.9 Å². The topological polar surface area (TPSA) is 55.6 Å². The Morgan fingerprint density at radius 1 is 1.59 bits per heavy atom. The lowest BCUT2D eigenvalue weighted by Crippen LogP contribution is -2.40. The standard InChI is InChI=1S/C16H20N2O3S/c1-11-5-6-18(13(8-11)14-4-3-7-21-14)16(19)12-10-22-15(17-12)9-20-2/h3-4,7,10-11,13H,5-6,8-9H2,1-2H3. The largest absolute Gasteiger partial charge is 0.467 e. The third-order valence-corrected chi connectivity index (χ3v) is 4.86. The first-order chi connectivity index (χ1) is 10.7. The van der Waals surface area contributed by atoms with Gasteiger partial charge in [-0.15, -0.1) is 11.3 Å². The van der Waals surface area contributed by atoms with Crippen LogP contribution in [0.25, 0.3) is 0 Å². The van der Waals surface area contributed by atoms with Gasteiger partial charge in [0.15, 0.2) is 0 Å². The maximum Gasteiger partial charge on any atom is 0.273 e. The van der Waals surface area contributed by atoms with Crippen molar-refractivity contribution in [3.05, 3.63) is 40.2 Å². The average Bonchev–Trinajstić information content (AvgIpc) is 3.18. The van der Waals surface area contributed by atoms with E-state index in [-0.39, 0.29) is 11.9 Å². The van der Waals surface area contributed by atoms with Crippen LogP contribution >= 0.6 is 11.3 Å². The van der Waals surface area contributed by atoms with Crippen LogP contribution in [-0.4, -0.2) is 29.4 Å². The predicted molar refractivity (Wildman–Crippen MR) is 83.7 cm³/mol. The van der Waals surface area contributed by atoms with Gasteiger partial charge >= 0.3 is 0 Å². The molecule has 1 aliphatic rings. The van der Waals surface area contributed by atoms with E-state index in [1.807, 2.05) is 22.4 Å². The first-order valence-corrected chi connectivity index (χ1v) is 8.34.